The van der Waals surface area contributed by atoms with Crippen molar-refractivity contribution in [3.63, 3.8) is 0 Å². The van der Waals surface area contributed by atoms with Gasteiger partial charge >= 0.3 is 0 Å². The van der Waals surface area contributed by atoms with Gasteiger partial charge in [-0.15, -0.1) is 0 Å². The van der Waals surface area contributed by atoms with Crippen molar-refractivity contribution in [2.75, 3.05) is 19.5 Å². The summed E-state index contributed by atoms with van der Waals surface area (Å²) >= 11 is 0. The first-order chi connectivity index (χ1) is 16.1. The van der Waals surface area contributed by atoms with E-state index in [9.17, 15) is 4.79 Å². The van der Waals surface area contributed by atoms with Crippen LogP contribution in [0.3, 0.4) is 0 Å². The first kappa shape index (κ1) is 21.9. The molecule has 1 heterocycles. The molecule has 1 atom stereocenters. The number of amides is 1. The van der Waals surface area contributed by atoms with Crippen molar-refractivity contribution in [2.45, 2.75) is 13.0 Å². The number of para-hydroxylation sites is 2. The third kappa shape index (κ3) is 5.12. The Kier molecular flexibility index (Phi) is 6.54. The summed E-state index contributed by atoms with van der Waals surface area (Å²) in [5.41, 5.74) is 2.17. The average Bonchev–Trinajstić information content (AvgIpc) is 3.35. The van der Waals surface area contributed by atoms with Gasteiger partial charge in [-0.25, -0.2) is 0 Å². The van der Waals surface area contributed by atoms with Crippen LogP contribution in [-0.4, -0.2) is 36.4 Å². The highest BCUT2D eigenvalue weighted by atomic mass is 16.5. The molecule has 0 aliphatic heterocycles. The number of hydrogen-bond acceptors (Lipinski definition) is 7. The van der Waals surface area contributed by atoms with Crippen LogP contribution in [0.25, 0.3) is 22.8 Å². The van der Waals surface area contributed by atoms with Gasteiger partial charge in [-0.3, -0.25) is 4.79 Å². The zero-order valence-electron chi connectivity index (χ0n) is 18.4. The number of benzene rings is 3. The number of nitrogens with one attached hydrogen (secondary N) is 1. The molecular weight excluding hydrogens is 422 g/mol. The number of methoxy groups -OCH3 is 2. The maximum Gasteiger partial charge on any atom is 0.265 e. The number of nitrogens with zero attached hydrogens (tertiary/aromatic N) is 2. The molecule has 0 spiro atoms. The lowest BCUT2D eigenvalue weighted by Gasteiger charge is -2.16. The Morgan fingerprint density at radius 1 is 0.879 bits per heavy atom. The van der Waals surface area contributed by atoms with Crippen LogP contribution >= 0.6 is 0 Å². The second-order valence-electron chi connectivity index (χ2n) is 7.13. The first-order valence-electron chi connectivity index (χ1n) is 10.3. The maximum absolute atomic E-state index is 12.6. The Bertz CT molecular complexity index is 1220. The van der Waals surface area contributed by atoms with E-state index in [4.69, 9.17) is 18.7 Å². The van der Waals surface area contributed by atoms with Crippen molar-refractivity contribution in [3.05, 3.63) is 72.8 Å². The Labute approximate surface area is 191 Å². The first-order valence-corrected chi connectivity index (χ1v) is 10.3. The van der Waals surface area contributed by atoms with E-state index in [2.05, 4.69) is 15.5 Å². The number of ether oxygens (including phenoxy) is 3. The van der Waals surface area contributed by atoms with Crippen LogP contribution in [0.1, 0.15) is 6.92 Å². The molecule has 0 saturated carbocycles. The Morgan fingerprint density at radius 3 is 2.21 bits per heavy atom. The van der Waals surface area contributed by atoms with Crippen molar-refractivity contribution in [1.29, 1.82) is 0 Å². The summed E-state index contributed by atoms with van der Waals surface area (Å²) in [6.45, 7) is 1.68. The predicted octanol–water partition coefficient (Wildman–Crippen LogP) is 4.83. The van der Waals surface area contributed by atoms with Crippen LogP contribution in [0.2, 0.25) is 0 Å². The highest BCUT2D eigenvalue weighted by Gasteiger charge is 2.17. The minimum absolute atomic E-state index is 0.284. The minimum Gasteiger partial charge on any atom is -0.497 e. The van der Waals surface area contributed by atoms with Gasteiger partial charge in [-0.1, -0.05) is 17.3 Å². The molecule has 0 aliphatic carbocycles. The zero-order chi connectivity index (χ0) is 23.2. The average molecular weight is 445 g/mol. The van der Waals surface area contributed by atoms with Crippen molar-refractivity contribution in [1.82, 2.24) is 10.1 Å². The lowest BCUT2D eigenvalue weighted by molar-refractivity contribution is -0.122. The molecule has 8 nitrogen and oxygen atoms in total. The summed E-state index contributed by atoms with van der Waals surface area (Å²) < 4.78 is 21.6. The molecule has 0 saturated heterocycles. The molecule has 0 radical (unpaired) electrons. The molecule has 0 fully saturated rings. The van der Waals surface area contributed by atoms with Crippen molar-refractivity contribution in [3.8, 4) is 40.1 Å². The van der Waals surface area contributed by atoms with E-state index in [-0.39, 0.29) is 5.91 Å². The summed E-state index contributed by atoms with van der Waals surface area (Å²) in [6.07, 6.45) is -0.719. The molecule has 33 heavy (non-hydrogen) atoms. The van der Waals surface area contributed by atoms with Crippen LogP contribution in [0, 0.1) is 0 Å². The third-order valence-corrected chi connectivity index (χ3v) is 4.92. The van der Waals surface area contributed by atoms with Gasteiger partial charge in [0.15, 0.2) is 17.6 Å². The van der Waals surface area contributed by atoms with Crippen molar-refractivity contribution < 1.29 is 23.5 Å². The number of anilines is 1. The standard InChI is InChI=1S/C25H23N3O5/c1-16(32-22-7-5-4-6-21(22)31-3)24(29)26-19-12-8-18(9-13-19)25-27-23(28-33-25)17-10-14-20(30-2)15-11-17/h4-16H,1-3H3,(H,26,29). The molecule has 4 aromatic rings. The molecule has 0 aliphatic rings. The number of aromatic nitrogens is 2. The van der Waals surface area contributed by atoms with E-state index in [0.29, 0.717) is 28.9 Å². The van der Waals surface area contributed by atoms with E-state index in [1.165, 1.54) is 0 Å². The fourth-order valence-electron chi connectivity index (χ4n) is 3.10. The predicted molar refractivity (Wildman–Crippen MR) is 123 cm³/mol. The molecule has 1 N–H and O–H groups in total. The maximum atomic E-state index is 12.6. The van der Waals surface area contributed by atoms with E-state index >= 15 is 0 Å². The van der Waals surface area contributed by atoms with Crippen LogP contribution in [0.15, 0.2) is 77.3 Å². The molecule has 168 valence electrons. The quantitative estimate of drug-likeness (QED) is 0.415. The summed E-state index contributed by atoms with van der Waals surface area (Å²) in [6, 6.07) is 21.7. The molecule has 1 amide bonds. The van der Waals surface area contributed by atoms with Gasteiger partial charge in [-0.05, 0) is 67.6 Å². The van der Waals surface area contributed by atoms with Gasteiger partial charge in [0, 0.05) is 16.8 Å². The van der Waals surface area contributed by atoms with Gasteiger partial charge in [-0.2, -0.15) is 4.98 Å². The van der Waals surface area contributed by atoms with Gasteiger partial charge in [0.1, 0.15) is 5.75 Å². The summed E-state index contributed by atoms with van der Waals surface area (Å²) in [5.74, 6) is 2.40. The second-order valence-corrected chi connectivity index (χ2v) is 7.13. The topological polar surface area (TPSA) is 95.7 Å². The number of hydrogen-bond donors (Lipinski definition) is 1. The molecule has 0 bridgehead atoms. The highest BCUT2D eigenvalue weighted by molar-refractivity contribution is 5.94. The van der Waals surface area contributed by atoms with E-state index in [1.807, 2.05) is 36.4 Å². The summed E-state index contributed by atoms with van der Waals surface area (Å²) in [5, 5.41) is 6.88. The largest absolute Gasteiger partial charge is 0.497 e. The molecule has 3 aromatic carbocycles. The van der Waals surface area contributed by atoms with E-state index in [0.717, 1.165) is 16.9 Å². The molecular formula is C25H23N3O5. The zero-order valence-corrected chi connectivity index (χ0v) is 18.4. The SMILES string of the molecule is COc1ccc(-c2noc(-c3ccc(NC(=O)C(C)Oc4ccccc4OC)cc3)n2)cc1. The second kappa shape index (κ2) is 9.86. The van der Waals surface area contributed by atoms with E-state index in [1.54, 1.807) is 57.5 Å². The molecule has 1 unspecified atom stereocenters. The highest BCUT2D eigenvalue weighted by Crippen LogP contribution is 2.27. The van der Waals surface area contributed by atoms with Crippen molar-refractivity contribution >= 4 is 11.6 Å². The fourth-order valence-corrected chi connectivity index (χ4v) is 3.10. The van der Waals surface area contributed by atoms with Gasteiger partial charge in [0.25, 0.3) is 11.8 Å². The summed E-state index contributed by atoms with van der Waals surface area (Å²) in [7, 11) is 3.17. The van der Waals surface area contributed by atoms with Gasteiger partial charge < -0.3 is 24.1 Å². The Morgan fingerprint density at radius 2 is 1.55 bits per heavy atom. The Balaban J connectivity index is 1.40. The van der Waals surface area contributed by atoms with Gasteiger partial charge in [0.2, 0.25) is 5.82 Å². The normalized spacial score (nSPS) is 11.5. The molecule has 8 heteroatoms. The van der Waals surface area contributed by atoms with Crippen LogP contribution in [0.5, 0.6) is 17.2 Å². The van der Waals surface area contributed by atoms with E-state index < -0.39 is 6.10 Å². The van der Waals surface area contributed by atoms with Gasteiger partial charge in [0.05, 0.1) is 14.2 Å². The van der Waals surface area contributed by atoms with Crippen LogP contribution in [-0.2, 0) is 4.79 Å². The fraction of sp³-hybridized carbons (Fsp3) is 0.160. The summed E-state index contributed by atoms with van der Waals surface area (Å²) in [4.78, 5) is 17.0. The van der Waals surface area contributed by atoms with Crippen LogP contribution in [0.4, 0.5) is 5.69 Å². The minimum atomic E-state index is -0.719. The molecule has 1 aromatic heterocycles. The lowest BCUT2D eigenvalue weighted by Crippen LogP contribution is -2.30. The third-order valence-electron chi connectivity index (χ3n) is 4.92. The Hall–Kier alpha value is -4.33. The van der Waals surface area contributed by atoms with Crippen molar-refractivity contribution in [2.24, 2.45) is 0 Å². The number of carbonyl (C=O) groups excluding carboxylic acids is 1. The smallest absolute Gasteiger partial charge is 0.265 e. The van der Waals surface area contributed by atoms with Crippen LogP contribution < -0.4 is 19.5 Å². The monoisotopic (exact) mass is 445 g/mol. The molecule has 4 rings (SSSR count). The number of rotatable bonds is 8. The lowest BCUT2D eigenvalue weighted by atomic mass is 10.2. The number of carbonyl (C=O) groups is 1.